The molecule has 3 heteroatoms. The van der Waals surface area contributed by atoms with Gasteiger partial charge in [-0.05, 0) is 6.42 Å². The number of ether oxygens (including phenoxy) is 1. The van der Waals surface area contributed by atoms with E-state index in [0.717, 1.165) is 19.3 Å². The predicted octanol–water partition coefficient (Wildman–Crippen LogP) is 2.06. The first-order chi connectivity index (χ1) is 6.26. The number of nitrogens with zero attached hydrogens (tertiary/aromatic N) is 1. The van der Waals surface area contributed by atoms with Crippen LogP contribution < -0.4 is 0 Å². The molecule has 1 unspecified atom stereocenters. The molecule has 0 aliphatic carbocycles. The highest BCUT2D eigenvalue weighted by Gasteiger charge is 2.15. The fourth-order valence-electron chi connectivity index (χ4n) is 1.14. The summed E-state index contributed by atoms with van der Waals surface area (Å²) in [5.74, 6) is 0.0532. The Morgan fingerprint density at radius 3 is 2.77 bits per heavy atom. The smallest absolute Gasteiger partial charge is 0.162 e. The van der Waals surface area contributed by atoms with Crippen LogP contribution in [0.4, 0.5) is 0 Å². The Hall–Kier alpha value is -0.880. The average molecular weight is 183 g/mol. The van der Waals surface area contributed by atoms with Crippen molar-refractivity contribution < 1.29 is 9.53 Å². The lowest BCUT2D eigenvalue weighted by Gasteiger charge is -2.12. The van der Waals surface area contributed by atoms with Crippen molar-refractivity contribution in [3.8, 4) is 6.07 Å². The SMILES string of the molecule is CCCCC(OC)C(=O)CCC#N. The van der Waals surface area contributed by atoms with Gasteiger partial charge in [0.25, 0.3) is 0 Å². The van der Waals surface area contributed by atoms with Gasteiger partial charge in [0.15, 0.2) is 5.78 Å². The molecule has 3 nitrogen and oxygen atoms in total. The van der Waals surface area contributed by atoms with Gasteiger partial charge in [0, 0.05) is 20.0 Å². The number of carbonyl (C=O) groups excluding carboxylic acids is 1. The molecule has 0 aromatic heterocycles. The largest absolute Gasteiger partial charge is 0.374 e. The van der Waals surface area contributed by atoms with E-state index >= 15 is 0 Å². The van der Waals surface area contributed by atoms with Crippen LogP contribution in [0.1, 0.15) is 39.0 Å². The van der Waals surface area contributed by atoms with Crippen molar-refractivity contribution in [1.29, 1.82) is 5.26 Å². The van der Waals surface area contributed by atoms with E-state index in [1.807, 2.05) is 6.07 Å². The quantitative estimate of drug-likeness (QED) is 0.607. The van der Waals surface area contributed by atoms with Gasteiger partial charge in [0.1, 0.15) is 6.10 Å². The second-order valence-electron chi connectivity index (χ2n) is 2.99. The topological polar surface area (TPSA) is 50.1 Å². The van der Waals surface area contributed by atoms with Crippen LogP contribution in [-0.4, -0.2) is 19.0 Å². The van der Waals surface area contributed by atoms with E-state index in [1.54, 1.807) is 7.11 Å². The number of hydrogen-bond donors (Lipinski definition) is 0. The fourth-order valence-corrected chi connectivity index (χ4v) is 1.14. The maximum absolute atomic E-state index is 11.4. The molecule has 0 rings (SSSR count). The van der Waals surface area contributed by atoms with Gasteiger partial charge in [-0.25, -0.2) is 0 Å². The first kappa shape index (κ1) is 12.1. The Bertz CT molecular complexity index is 184. The molecule has 0 aliphatic rings. The molecule has 74 valence electrons. The van der Waals surface area contributed by atoms with Crippen molar-refractivity contribution in [3.05, 3.63) is 0 Å². The number of hydrogen-bond acceptors (Lipinski definition) is 3. The van der Waals surface area contributed by atoms with E-state index < -0.39 is 0 Å². The number of carbonyl (C=O) groups is 1. The summed E-state index contributed by atoms with van der Waals surface area (Å²) in [5, 5.41) is 8.30. The van der Waals surface area contributed by atoms with Crippen molar-refractivity contribution in [3.63, 3.8) is 0 Å². The molecule has 0 saturated carbocycles. The van der Waals surface area contributed by atoms with Gasteiger partial charge in [0.05, 0.1) is 6.07 Å². The second-order valence-corrected chi connectivity index (χ2v) is 2.99. The molecule has 0 saturated heterocycles. The summed E-state index contributed by atoms with van der Waals surface area (Å²) < 4.78 is 5.05. The van der Waals surface area contributed by atoms with Crippen molar-refractivity contribution in [2.24, 2.45) is 0 Å². The Labute approximate surface area is 79.7 Å². The molecule has 0 amide bonds. The number of methoxy groups -OCH3 is 1. The zero-order valence-corrected chi connectivity index (χ0v) is 8.38. The molecule has 0 radical (unpaired) electrons. The summed E-state index contributed by atoms with van der Waals surface area (Å²) in [6, 6.07) is 1.96. The van der Waals surface area contributed by atoms with Crippen molar-refractivity contribution in [1.82, 2.24) is 0 Å². The molecular weight excluding hydrogens is 166 g/mol. The highest BCUT2D eigenvalue weighted by molar-refractivity contribution is 5.83. The third kappa shape index (κ3) is 5.37. The second kappa shape index (κ2) is 7.75. The predicted molar refractivity (Wildman–Crippen MR) is 50.2 cm³/mol. The Kier molecular flexibility index (Phi) is 7.23. The molecule has 0 aromatic rings. The Morgan fingerprint density at radius 2 is 2.31 bits per heavy atom. The first-order valence-electron chi connectivity index (χ1n) is 4.68. The lowest BCUT2D eigenvalue weighted by atomic mass is 10.1. The van der Waals surface area contributed by atoms with Gasteiger partial charge in [-0.2, -0.15) is 5.26 Å². The van der Waals surface area contributed by atoms with Crippen molar-refractivity contribution >= 4 is 5.78 Å². The van der Waals surface area contributed by atoms with E-state index in [9.17, 15) is 4.79 Å². The van der Waals surface area contributed by atoms with Gasteiger partial charge < -0.3 is 4.74 Å². The number of rotatable bonds is 7. The summed E-state index contributed by atoms with van der Waals surface area (Å²) in [4.78, 5) is 11.4. The minimum absolute atomic E-state index is 0.0532. The van der Waals surface area contributed by atoms with Gasteiger partial charge in [-0.15, -0.1) is 0 Å². The van der Waals surface area contributed by atoms with E-state index in [4.69, 9.17) is 10.00 Å². The van der Waals surface area contributed by atoms with Crippen LogP contribution in [0.3, 0.4) is 0 Å². The summed E-state index contributed by atoms with van der Waals surface area (Å²) >= 11 is 0. The van der Waals surface area contributed by atoms with Crippen LogP contribution >= 0.6 is 0 Å². The zero-order valence-electron chi connectivity index (χ0n) is 8.38. The molecule has 0 N–H and O–H groups in total. The molecule has 13 heavy (non-hydrogen) atoms. The highest BCUT2D eigenvalue weighted by Crippen LogP contribution is 2.07. The highest BCUT2D eigenvalue weighted by atomic mass is 16.5. The molecule has 0 fully saturated rings. The summed E-state index contributed by atoms with van der Waals surface area (Å²) in [7, 11) is 1.55. The normalized spacial score (nSPS) is 12.1. The lowest BCUT2D eigenvalue weighted by Crippen LogP contribution is -2.22. The average Bonchev–Trinajstić information content (AvgIpc) is 2.16. The lowest BCUT2D eigenvalue weighted by molar-refractivity contribution is -0.129. The van der Waals surface area contributed by atoms with Crippen molar-refractivity contribution in [2.75, 3.05) is 7.11 Å². The first-order valence-corrected chi connectivity index (χ1v) is 4.68. The maximum atomic E-state index is 11.4. The Morgan fingerprint density at radius 1 is 1.62 bits per heavy atom. The summed E-state index contributed by atoms with van der Waals surface area (Å²) in [6.45, 7) is 2.08. The molecule has 0 bridgehead atoms. The van der Waals surface area contributed by atoms with E-state index in [-0.39, 0.29) is 11.9 Å². The van der Waals surface area contributed by atoms with Crippen LogP contribution in [0.2, 0.25) is 0 Å². The van der Waals surface area contributed by atoms with Gasteiger partial charge >= 0.3 is 0 Å². The molecule has 0 spiro atoms. The minimum Gasteiger partial charge on any atom is -0.374 e. The van der Waals surface area contributed by atoms with Crippen LogP contribution in [0, 0.1) is 11.3 Å². The number of Topliss-reactive ketones (excluding diaryl/α,β-unsaturated/α-hetero) is 1. The van der Waals surface area contributed by atoms with Crippen LogP contribution in [0.25, 0.3) is 0 Å². The standard InChI is InChI=1S/C10H17NO2/c1-3-4-7-10(13-2)9(12)6-5-8-11/h10H,3-7H2,1-2H3. The van der Waals surface area contributed by atoms with Crippen LogP contribution in [-0.2, 0) is 9.53 Å². The van der Waals surface area contributed by atoms with Crippen molar-refractivity contribution in [2.45, 2.75) is 45.1 Å². The van der Waals surface area contributed by atoms with Gasteiger partial charge in [0.2, 0.25) is 0 Å². The molecule has 0 heterocycles. The minimum atomic E-state index is -0.298. The number of ketones is 1. The van der Waals surface area contributed by atoms with Crippen LogP contribution in [0.15, 0.2) is 0 Å². The molecule has 0 aromatic carbocycles. The molecular formula is C10H17NO2. The van der Waals surface area contributed by atoms with Crippen LogP contribution in [0.5, 0.6) is 0 Å². The van der Waals surface area contributed by atoms with E-state index in [0.29, 0.717) is 12.8 Å². The van der Waals surface area contributed by atoms with E-state index in [1.165, 1.54) is 0 Å². The Balaban J connectivity index is 3.79. The van der Waals surface area contributed by atoms with Gasteiger partial charge in [-0.1, -0.05) is 19.8 Å². The third-order valence-electron chi connectivity index (χ3n) is 1.95. The third-order valence-corrected chi connectivity index (χ3v) is 1.95. The van der Waals surface area contributed by atoms with Gasteiger partial charge in [-0.3, -0.25) is 4.79 Å². The number of unbranched alkanes of at least 4 members (excludes halogenated alkanes) is 1. The fraction of sp³-hybridized carbons (Fsp3) is 0.800. The monoisotopic (exact) mass is 183 g/mol. The van der Waals surface area contributed by atoms with E-state index in [2.05, 4.69) is 6.92 Å². The summed E-state index contributed by atoms with van der Waals surface area (Å²) in [5.41, 5.74) is 0. The molecule has 1 atom stereocenters. The maximum Gasteiger partial charge on any atom is 0.162 e. The summed E-state index contributed by atoms with van der Waals surface area (Å²) in [6.07, 6.45) is 3.15. The number of nitriles is 1. The molecule has 0 aliphatic heterocycles. The zero-order chi connectivity index (χ0) is 10.1.